The molecule has 0 saturated carbocycles. The SMILES string of the molecule is O=C(O)Nc1ccc2c(ccn2-c2ccc(NC(=O)Nc3ccc(Cl)c(C(F)(F)F)c3)cc2F)c1. The number of rotatable bonds is 4. The van der Waals surface area contributed by atoms with Crippen LogP contribution in [-0.2, 0) is 6.18 Å². The number of benzene rings is 3. The number of halogens is 5. The van der Waals surface area contributed by atoms with Crippen molar-refractivity contribution in [2.75, 3.05) is 16.0 Å². The van der Waals surface area contributed by atoms with Crippen LogP contribution in [0.2, 0.25) is 5.02 Å². The lowest BCUT2D eigenvalue weighted by molar-refractivity contribution is -0.137. The summed E-state index contributed by atoms with van der Waals surface area (Å²) in [7, 11) is 0. The van der Waals surface area contributed by atoms with Crippen LogP contribution < -0.4 is 16.0 Å². The van der Waals surface area contributed by atoms with Crippen LogP contribution in [0.15, 0.2) is 66.9 Å². The topological polar surface area (TPSA) is 95.4 Å². The molecule has 0 saturated heterocycles. The van der Waals surface area contributed by atoms with Crippen LogP contribution in [0.3, 0.4) is 0 Å². The van der Waals surface area contributed by atoms with E-state index in [0.29, 0.717) is 22.7 Å². The van der Waals surface area contributed by atoms with Crippen molar-refractivity contribution in [2.45, 2.75) is 6.18 Å². The van der Waals surface area contributed by atoms with E-state index in [-0.39, 0.29) is 17.1 Å². The number of anilines is 3. The van der Waals surface area contributed by atoms with Gasteiger partial charge in [-0.1, -0.05) is 11.6 Å². The second kappa shape index (κ2) is 9.18. The zero-order chi connectivity index (χ0) is 25.3. The number of nitrogens with zero attached hydrogens (tertiary/aromatic N) is 1. The molecule has 4 N–H and O–H groups in total. The Morgan fingerprint density at radius 2 is 1.49 bits per heavy atom. The molecule has 0 spiro atoms. The number of carbonyl (C=O) groups excluding carboxylic acids is 1. The Morgan fingerprint density at radius 1 is 0.857 bits per heavy atom. The maximum atomic E-state index is 14.9. The molecule has 1 aromatic heterocycles. The molecule has 4 aromatic rings. The number of aromatic nitrogens is 1. The Hall–Kier alpha value is -4.25. The molecule has 0 bridgehead atoms. The average Bonchev–Trinajstić information content (AvgIpc) is 3.17. The Kier molecular flexibility index (Phi) is 6.27. The van der Waals surface area contributed by atoms with Crippen molar-refractivity contribution < 1.29 is 32.3 Å². The van der Waals surface area contributed by atoms with Crippen LogP contribution in [0.1, 0.15) is 5.56 Å². The van der Waals surface area contributed by atoms with Crippen LogP contribution in [0.25, 0.3) is 16.6 Å². The lowest BCUT2D eigenvalue weighted by atomic mass is 10.2. The van der Waals surface area contributed by atoms with Crippen molar-refractivity contribution in [3.05, 3.63) is 83.3 Å². The maximum absolute atomic E-state index is 14.9. The molecule has 3 amide bonds. The number of nitrogens with one attached hydrogen (secondary N) is 3. The first kappa shape index (κ1) is 23.9. The smallest absolute Gasteiger partial charge is 0.417 e. The molecule has 12 heteroatoms. The fourth-order valence-electron chi connectivity index (χ4n) is 3.45. The number of hydrogen-bond acceptors (Lipinski definition) is 2. The van der Waals surface area contributed by atoms with Crippen molar-refractivity contribution in [2.24, 2.45) is 0 Å². The second-order valence-electron chi connectivity index (χ2n) is 7.33. The normalized spacial score (nSPS) is 11.3. The Labute approximate surface area is 199 Å². The van der Waals surface area contributed by atoms with Gasteiger partial charge in [0, 0.05) is 28.6 Å². The van der Waals surface area contributed by atoms with Crippen molar-refractivity contribution in [1.29, 1.82) is 0 Å². The third kappa shape index (κ3) is 5.30. The zero-order valence-electron chi connectivity index (χ0n) is 17.5. The summed E-state index contributed by atoms with van der Waals surface area (Å²) in [5.41, 5.74) is -0.0435. The summed E-state index contributed by atoms with van der Waals surface area (Å²) in [4.78, 5) is 23.0. The van der Waals surface area contributed by atoms with Gasteiger partial charge >= 0.3 is 18.3 Å². The van der Waals surface area contributed by atoms with Gasteiger partial charge in [0.05, 0.1) is 21.8 Å². The Bertz CT molecular complexity index is 1450. The van der Waals surface area contributed by atoms with Gasteiger partial charge in [-0.25, -0.2) is 14.0 Å². The summed E-state index contributed by atoms with van der Waals surface area (Å²) in [6, 6.07) is 12.4. The molecular formula is C23H15ClF4N4O3. The summed E-state index contributed by atoms with van der Waals surface area (Å²) in [6.07, 6.45) is -4.30. The van der Waals surface area contributed by atoms with E-state index >= 15 is 0 Å². The zero-order valence-corrected chi connectivity index (χ0v) is 18.2. The molecule has 180 valence electrons. The molecule has 0 unspecified atom stereocenters. The van der Waals surface area contributed by atoms with Gasteiger partial charge in [0.2, 0.25) is 0 Å². The first-order chi connectivity index (χ1) is 16.5. The lowest BCUT2D eigenvalue weighted by Gasteiger charge is -2.13. The quantitative estimate of drug-likeness (QED) is 0.221. The van der Waals surface area contributed by atoms with Crippen molar-refractivity contribution >= 4 is 51.7 Å². The van der Waals surface area contributed by atoms with Gasteiger partial charge in [0.1, 0.15) is 5.82 Å². The Balaban J connectivity index is 1.51. The Morgan fingerprint density at radius 3 is 2.14 bits per heavy atom. The largest absolute Gasteiger partial charge is 0.465 e. The molecule has 4 rings (SSSR count). The number of fused-ring (bicyclic) bond motifs is 1. The summed E-state index contributed by atoms with van der Waals surface area (Å²) in [5, 5.41) is 15.8. The predicted octanol–water partition coefficient (Wildman–Crippen LogP) is 7.18. The highest BCUT2D eigenvalue weighted by molar-refractivity contribution is 6.31. The second-order valence-corrected chi connectivity index (χ2v) is 7.73. The van der Waals surface area contributed by atoms with Gasteiger partial charge in [0.15, 0.2) is 0 Å². The van der Waals surface area contributed by atoms with E-state index in [9.17, 15) is 27.2 Å². The van der Waals surface area contributed by atoms with Crippen molar-refractivity contribution in [3.63, 3.8) is 0 Å². The molecule has 0 atom stereocenters. The van der Waals surface area contributed by atoms with E-state index in [0.717, 1.165) is 12.1 Å². The standard InChI is InChI=1S/C23H15ClF4N4O3/c24-17-4-1-14(10-16(17)23(26,27)28)29-21(33)30-15-3-6-20(18(25)11-15)32-8-7-12-9-13(31-22(34)35)2-5-19(12)32/h1-11,31H,(H,34,35)(H2,29,30,33). The fraction of sp³-hybridized carbons (Fsp3) is 0.0435. The van der Waals surface area contributed by atoms with Gasteiger partial charge < -0.3 is 20.3 Å². The molecular weight excluding hydrogens is 492 g/mol. The van der Waals surface area contributed by atoms with E-state index in [1.54, 1.807) is 29.0 Å². The number of carbonyl (C=O) groups is 2. The van der Waals surface area contributed by atoms with Crippen LogP contribution in [0, 0.1) is 5.82 Å². The summed E-state index contributed by atoms with van der Waals surface area (Å²) >= 11 is 5.57. The highest BCUT2D eigenvalue weighted by atomic mass is 35.5. The van der Waals surface area contributed by atoms with Gasteiger partial charge in [-0.15, -0.1) is 0 Å². The molecule has 0 aliphatic carbocycles. The number of urea groups is 1. The van der Waals surface area contributed by atoms with Gasteiger partial charge in [-0.2, -0.15) is 13.2 Å². The minimum Gasteiger partial charge on any atom is -0.465 e. The first-order valence-corrected chi connectivity index (χ1v) is 10.2. The minimum absolute atomic E-state index is 0.0677. The van der Waals surface area contributed by atoms with E-state index in [1.165, 1.54) is 24.3 Å². The number of carboxylic acid groups (broad SMARTS) is 1. The third-order valence-corrected chi connectivity index (χ3v) is 5.27. The third-order valence-electron chi connectivity index (χ3n) is 4.94. The number of amides is 3. The van der Waals surface area contributed by atoms with E-state index in [1.807, 2.05) is 0 Å². The van der Waals surface area contributed by atoms with Gasteiger partial charge in [-0.3, -0.25) is 5.32 Å². The van der Waals surface area contributed by atoms with Crippen LogP contribution in [-0.4, -0.2) is 21.8 Å². The molecule has 0 aliphatic heterocycles. The predicted molar refractivity (Wildman–Crippen MR) is 124 cm³/mol. The molecule has 0 radical (unpaired) electrons. The van der Waals surface area contributed by atoms with E-state index in [4.69, 9.17) is 16.7 Å². The molecule has 1 heterocycles. The van der Waals surface area contributed by atoms with Crippen LogP contribution in [0.4, 0.5) is 44.2 Å². The fourth-order valence-corrected chi connectivity index (χ4v) is 3.67. The summed E-state index contributed by atoms with van der Waals surface area (Å²) < 4.78 is 55.4. The molecule has 35 heavy (non-hydrogen) atoms. The van der Waals surface area contributed by atoms with Crippen molar-refractivity contribution in [1.82, 2.24) is 4.57 Å². The summed E-state index contributed by atoms with van der Waals surface area (Å²) in [5.74, 6) is -0.682. The van der Waals surface area contributed by atoms with Crippen molar-refractivity contribution in [3.8, 4) is 5.69 Å². The molecule has 0 fully saturated rings. The highest BCUT2D eigenvalue weighted by Gasteiger charge is 2.33. The van der Waals surface area contributed by atoms with E-state index < -0.39 is 34.7 Å². The number of alkyl halides is 3. The minimum atomic E-state index is -4.69. The van der Waals surface area contributed by atoms with Crippen LogP contribution >= 0.6 is 11.6 Å². The highest BCUT2D eigenvalue weighted by Crippen LogP contribution is 2.36. The number of hydrogen-bond donors (Lipinski definition) is 4. The van der Waals surface area contributed by atoms with Gasteiger partial charge in [0.25, 0.3) is 0 Å². The molecule has 7 nitrogen and oxygen atoms in total. The average molecular weight is 507 g/mol. The first-order valence-electron chi connectivity index (χ1n) is 9.87. The maximum Gasteiger partial charge on any atom is 0.417 e. The molecule has 0 aliphatic rings. The van der Waals surface area contributed by atoms with Gasteiger partial charge in [-0.05, 0) is 60.7 Å². The monoisotopic (exact) mass is 506 g/mol. The lowest BCUT2D eigenvalue weighted by Crippen LogP contribution is -2.20. The van der Waals surface area contributed by atoms with Crippen LogP contribution in [0.5, 0.6) is 0 Å². The summed E-state index contributed by atoms with van der Waals surface area (Å²) in [6.45, 7) is 0. The van der Waals surface area contributed by atoms with E-state index in [2.05, 4.69) is 16.0 Å². The molecule has 3 aromatic carbocycles.